The van der Waals surface area contributed by atoms with Gasteiger partial charge in [-0.25, -0.2) is 0 Å². The molecule has 0 aliphatic carbocycles. The molecule has 0 fully saturated rings. The number of hydrogen-bond donors (Lipinski definition) is 0. The molecule has 0 aliphatic rings. The van der Waals surface area contributed by atoms with Crippen LogP contribution in [0.1, 0.15) is 10.4 Å². The van der Waals surface area contributed by atoms with Gasteiger partial charge in [0.25, 0.3) is 5.52 Å². The lowest BCUT2D eigenvalue weighted by molar-refractivity contribution is 0.106. The minimum atomic E-state index is -3.86. The van der Waals surface area contributed by atoms with Crippen molar-refractivity contribution < 1.29 is 23.4 Å². The highest BCUT2D eigenvalue weighted by Crippen LogP contribution is 2.52. The van der Waals surface area contributed by atoms with Crippen molar-refractivity contribution in [1.82, 2.24) is 0 Å². The average molecular weight is 320 g/mol. The molecule has 2 rings (SSSR count). The fraction of sp³-hybridized carbons (Fsp3) is 0.188. The molecule has 0 amide bonds. The van der Waals surface area contributed by atoms with E-state index in [0.29, 0.717) is 5.56 Å². The summed E-state index contributed by atoms with van der Waals surface area (Å²) in [5, 5.41) is 0.136. The molecule has 1 unspecified atom stereocenters. The van der Waals surface area contributed by atoms with Gasteiger partial charge in [0.2, 0.25) is 0 Å². The topological polar surface area (TPSA) is 61.8 Å². The van der Waals surface area contributed by atoms with Gasteiger partial charge in [-0.05, 0) is 12.1 Å². The first-order valence-corrected chi connectivity index (χ1v) is 8.18. The Morgan fingerprint density at radius 3 is 1.86 bits per heavy atom. The first kappa shape index (κ1) is 16.3. The van der Waals surface area contributed by atoms with Gasteiger partial charge in [0.1, 0.15) is 16.8 Å². The van der Waals surface area contributed by atoms with Gasteiger partial charge >= 0.3 is 7.37 Å². The van der Waals surface area contributed by atoms with Crippen LogP contribution < -0.4 is 14.8 Å². The maximum absolute atomic E-state index is 13.3. The number of ether oxygens (including phenoxy) is 2. The summed E-state index contributed by atoms with van der Waals surface area (Å²) < 4.78 is 29.0. The highest BCUT2D eigenvalue weighted by atomic mass is 31.2. The van der Waals surface area contributed by atoms with E-state index in [1.165, 1.54) is 21.3 Å². The maximum Gasteiger partial charge on any atom is 0.307 e. The largest absolute Gasteiger partial charge is 0.496 e. The molecule has 2 aromatic carbocycles. The molecule has 0 saturated heterocycles. The summed E-state index contributed by atoms with van der Waals surface area (Å²) in [5.41, 5.74) is -0.293. The molecular formula is C16H17O5P. The SMILES string of the molecule is COc1cccc(OC)c1P(=O)(OC)C(=O)c1ccccc1. The van der Waals surface area contributed by atoms with Crippen LogP contribution in [0, 0.1) is 0 Å². The molecule has 6 heteroatoms. The van der Waals surface area contributed by atoms with E-state index in [1.807, 2.05) is 0 Å². The zero-order valence-corrected chi connectivity index (χ0v) is 13.5. The minimum Gasteiger partial charge on any atom is -0.496 e. The molecular weight excluding hydrogens is 303 g/mol. The van der Waals surface area contributed by atoms with Crippen LogP contribution in [0.3, 0.4) is 0 Å². The van der Waals surface area contributed by atoms with Gasteiger partial charge in [-0.2, -0.15) is 0 Å². The zero-order chi connectivity index (χ0) is 16.2. The third-order valence-corrected chi connectivity index (χ3v) is 5.58. The normalized spacial score (nSPS) is 13.2. The standard InChI is InChI=1S/C16H17O5P/c1-19-13-10-7-11-14(20-2)15(13)22(18,21-3)16(17)12-8-5-4-6-9-12/h4-11H,1-3H3. The van der Waals surface area contributed by atoms with Crippen molar-refractivity contribution in [2.75, 3.05) is 21.3 Å². The van der Waals surface area contributed by atoms with Gasteiger partial charge in [0, 0.05) is 12.7 Å². The summed E-state index contributed by atoms with van der Waals surface area (Å²) in [4.78, 5) is 12.7. The number of rotatable bonds is 6. The Bertz CT molecular complexity index is 689. The molecule has 0 radical (unpaired) electrons. The molecule has 0 saturated carbocycles. The molecule has 0 bridgehead atoms. The monoisotopic (exact) mass is 320 g/mol. The third-order valence-electron chi connectivity index (χ3n) is 3.24. The van der Waals surface area contributed by atoms with E-state index in [-0.39, 0.29) is 16.8 Å². The van der Waals surface area contributed by atoms with E-state index < -0.39 is 12.9 Å². The molecule has 0 spiro atoms. The van der Waals surface area contributed by atoms with Crippen molar-refractivity contribution in [2.24, 2.45) is 0 Å². The predicted molar refractivity (Wildman–Crippen MR) is 84.6 cm³/mol. The average Bonchev–Trinajstić information content (AvgIpc) is 2.60. The Hall–Kier alpha value is -2.10. The van der Waals surface area contributed by atoms with E-state index in [2.05, 4.69) is 0 Å². The van der Waals surface area contributed by atoms with Crippen molar-refractivity contribution in [1.29, 1.82) is 0 Å². The molecule has 22 heavy (non-hydrogen) atoms. The van der Waals surface area contributed by atoms with Crippen LogP contribution in [-0.2, 0) is 9.09 Å². The van der Waals surface area contributed by atoms with Crippen molar-refractivity contribution in [3.8, 4) is 11.5 Å². The number of methoxy groups -OCH3 is 2. The quantitative estimate of drug-likeness (QED) is 0.765. The van der Waals surface area contributed by atoms with Gasteiger partial charge in [-0.1, -0.05) is 36.4 Å². The van der Waals surface area contributed by atoms with Crippen molar-refractivity contribution in [3.63, 3.8) is 0 Å². The molecule has 116 valence electrons. The molecule has 0 heterocycles. The number of hydrogen-bond acceptors (Lipinski definition) is 5. The number of benzene rings is 2. The summed E-state index contributed by atoms with van der Waals surface area (Å²) in [6.45, 7) is 0. The second-order valence-electron chi connectivity index (χ2n) is 4.42. The Kier molecular flexibility index (Phi) is 5.01. The molecule has 0 N–H and O–H groups in total. The molecule has 2 aromatic rings. The van der Waals surface area contributed by atoms with E-state index >= 15 is 0 Å². The summed E-state index contributed by atoms with van der Waals surface area (Å²) >= 11 is 0. The van der Waals surface area contributed by atoms with Crippen LogP contribution in [0.15, 0.2) is 48.5 Å². The Balaban J connectivity index is 2.66. The van der Waals surface area contributed by atoms with Gasteiger partial charge < -0.3 is 14.0 Å². The molecule has 5 nitrogen and oxygen atoms in total. The van der Waals surface area contributed by atoms with E-state index in [0.717, 1.165) is 0 Å². The van der Waals surface area contributed by atoms with Crippen LogP contribution in [-0.4, -0.2) is 26.9 Å². The Morgan fingerprint density at radius 1 is 0.864 bits per heavy atom. The van der Waals surface area contributed by atoms with Gasteiger partial charge in [0.05, 0.1) is 14.2 Å². The van der Waals surface area contributed by atoms with E-state index in [1.54, 1.807) is 48.5 Å². The highest BCUT2D eigenvalue weighted by molar-refractivity contribution is 7.83. The lowest BCUT2D eigenvalue weighted by Gasteiger charge is -2.20. The van der Waals surface area contributed by atoms with Gasteiger partial charge in [-0.3, -0.25) is 9.36 Å². The first-order chi connectivity index (χ1) is 10.6. The Morgan fingerprint density at radius 2 is 1.41 bits per heavy atom. The first-order valence-electron chi connectivity index (χ1n) is 6.55. The van der Waals surface area contributed by atoms with Crippen molar-refractivity contribution >= 4 is 18.2 Å². The van der Waals surface area contributed by atoms with Crippen LogP contribution in [0.5, 0.6) is 11.5 Å². The lowest BCUT2D eigenvalue weighted by atomic mass is 10.2. The fourth-order valence-corrected chi connectivity index (χ4v) is 4.10. The van der Waals surface area contributed by atoms with Crippen LogP contribution in [0.25, 0.3) is 0 Å². The summed E-state index contributed by atoms with van der Waals surface area (Å²) in [7, 11) is 0.252. The number of carbonyl (C=O) groups is 1. The van der Waals surface area contributed by atoms with Crippen LogP contribution in [0.4, 0.5) is 0 Å². The highest BCUT2D eigenvalue weighted by Gasteiger charge is 2.40. The van der Waals surface area contributed by atoms with E-state index in [4.69, 9.17) is 14.0 Å². The predicted octanol–water partition coefficient (Wildman–Crippen LogP) is 3.09. The third kappa shape index (κ3) is 2.78. The second-order valence-corrected chi connectivity index (χ2v) is 6.74. The summed E-state index contributed by atoms with van der Waals surface area (Å²) in [6.07, 6.45) is 0. The van der Waals surface area contributed by atoms with Crippen LogP contribution >= 0.6 is 7.37 Å². The van der Waals surface area contributed by atoms with Crippen molar-refractivity contribution in [3.05, 3.63) is 54.1 Å². The maximum atomic E-state index is 13.3. The smallest absolute Gasteiger partial charge is 0.307 e. The molecule has 0 aromatic heterocycles. The molecule has 0 aliphatic heterocycles. The summed E-state index contributed by atoms with van der Waals surface area (Å²) in [6, 6.07) is 13.3. The Labute approximate surface area is 129 Å². The van der Waals surface area contributed by atoms with Gasteiger partial charge in [0.15, 0.2) is 0 Å². The minimum absolute atomic E-state index is 0.136. The molecule has 1 atom stereocenters. The van der Waals surface area contributed by atoms with Crippen LogP contribution in [0.2, 0.25) is 0 Å². The lowest BCUT2D eigenvalue weighted by Crippen LogP contribution is -2.19. The zero-order valence-electron chi connectivity index (χ0n) is 12.6. The van der Waals surface area contributed by atoms with Crippen molar-refractivity contribution in [2.45, 2.75) is 0 Å². The fourth-order valence-electron chi connectivity index (χ4n) is 2.15. The van der Waals surface area contributed by atoms with Gasteiger partial charge in [-0.15, -0.1) is 0 Å². The summed E-state index contributed by atoms with van der Waals surface area (Å²) in [5.74, 6) is 0.572. The van der Waals surface area contributed by atoms with E-state index in [9.17, 15) is 9.36 Å². The second kappa shape index (κ2) is 6.77. The number of carbonyl (C=O) groups excluding carboxylic acids is 1.